The van der Waals surface area contributed by atoms with Crippen molar-refractivity contribution < 1.29 is 9.72 Å². The first-order valence-electron chi connectivity index (χ1n) is 7.96. The molecule has 7 heteroatoms. The molecule has 1 amide bonds. The van der Waals surface area contributed by atoms with E-state index in [4.69, 9.17) is 11.6 Å². The Morgan fingerprint density at radius 2 is 1.85 bits per heavy atom. The molecule has 0 saturated carbocycles. The molecule has 3 aromatic rings. The zero-order chi connectivity index (χ0) is 18.5. The Bertz CT molecular complexity index is 970. The molecule has 0 aliphatic heterocycles. The molecule has 132 valence electrons. The maximum atomic E-state index is 12.1. The summed E-state index contributed by atoms with van der Waals surface area (Å²) < 4.78 is 0. The standard InChI is InChI=1S/C19H16ClN3O3/c20-17-9-8-15(10-18(17)23(25)26)22-19(24)12-21-11-14-6-3-5-13-4-1-2-7-16(13)14/h1-10,21H,11-12H2,(H,22,24). The van der Waals surface area contributed by atoms with Crippen LogP contribution in [0, 0.1) is 10.1 Å². The molecule has 26 heavy (non-hydrogen) atoms. The molecule has 3 aromatic carbocycles. The third kappa shape index (κ3) is 4.17. The van der Waals surface area contributed by atoms with Crippen LogP contribution in [-0.4, -0.2) is 17.4 Å². The molecule has 0 bridgehead atoms. The van der Waals surface area contributed by atoms with Gasteiger partial charge in [0, 0.05) is 18.3 Å². The Morgan fingerprint density at radius 1 is 1.08 bits per heavy atom. The van der Waals surface area contributed by atoms with E-state index in [2.05, 4.69) is 10.6 Å². The fourth-order valence-corrected chi connectivity index (χ4v) is 2.88. The van der Waals surface area contributed by atoms with Gasteiger partial charge in [0.25, 0.3) is 5.69 Å². The van der Waals surface area contributed by atoms with Crippen molar-refractivity contribution in [2.24, 2.45) is 0 Å². The second-order valence-electron chi connectivity index (χ2n) is 5.71. The predicted octanol–water partition coefficient (Wildman–Crippen LogP) is 4.13. The van der Waals surface area contributed by atoms with E-state index in [1.807, 2.05) is 42.5 Å². The minimum absolute atomic E-state index is 0.0297. The summed E-state index contributed by atoms with van der Waals surface area (Å²) in [7, 11) is 0. The number of halogens is 1. The van der Waals surface area contributed by atoms with Crippen LogP contribution < -0.4 is 10.6 Å². The van der Waals surface area contributed by atoms with Crippen LogP contribution in [0.2, 0.25) is 5.02 Å². The highest BCUT2D eigenvalue weighted by atomic mass is 35.5. The molecule has 0 fully saturated rings. The summed E-state index contributed by atoms with van der Waals surface area (Å²) in [5.41, 5.74) is 1.18. The normalized spacial score (nSPS) is 10.7. The first kappa shape index (κ1) is 17.8. The maximum absolute atomic E-state index is 12.1. The molecule has 0 aliphatic rings. The third-order valence-electron chi connectivity index (χ3n) is 3.91. The number of fused-ring (bicyclic) bond motifs is 1. The quantitative estimate of drug-likeness (QED) is 0.505. The summed E-state index contributed by atoms with van der Waals surface area (Å²) in [6.07, 6.45) is 0. The highest BCUT2D eigenvalue weighted by Gasteiger charge is 2.13. The molecule has 0 radical (unpaired) electrons. The summed E-state index contributed by atoms with van der Waals surface area (Å²) in [5, 5.41) is 18.9. The number of benzene rings is 3. The SMILES string of the molecule is O=C(CNCc1cccc2ccccc12)Nc1ccc(Cl)c([N+](=O)[O-])c1. The number of nitrogens with one attached hydrogen (secondary N) is 2. The van der Waals surface area contributed by atoms with Crippen molar-refractivity contribution >= 4 is 39.7 Å². The van der Waals surface area contributed by atoms with Crippen molar-refractivity contribution in [3.05, 3.63) is 81.4 Å². The average Bonchev–Trinajstić information content (AvgIpc) is 2.63. The molecule has 6 nitrogen and oxygen atoms in total. The number of carbonyl (C=O) groups excluding carboxylic acids is 1. The topological polar surface area (TPSA) is 84.3 Å². The number of carbonyl (C=O) groups is 1. The lowest BCUT2D eigenvalue weighted by Gasteiger charge is -2.09. The van der Waals surface area contributed by atoms with E-state index in [9.17, 15) is 14.9 Å². The van der Waals surface area contributed by atoms with Crippen LogP contribution in [0.25, 0.3) is 10.8 Å². The van der Waals surface area contributed by atoms with Crippen LogP contribution >= 0.6 is 11.6 Å². The number of amides is 1. The van der Waals surface area contributed by atoms with Gasteiger partial charge >= 0.3 is 0 Å². The summed E-state index contributed by atoms with van der Waals surface area (Å²) in [6, 6.07) is 18.2. The van der Waals surface area contributed by atoms with Gasteiger partial charge in [-0.3, -0.25) is 14.9 Å². The lowest BCUT2D eigenvalue weighted by molar-refractivity contribution is -0.384. The average molecular weight is 370 g/mol. The second kappa shape index (κ2) is 7.95. The fourth-order valence-electron chi connectivity index (χ4n) is 2.69. The Hall–Kier alpha value is -2.96. The van der Waals surface area contributed by atoms with Gasteiger partial charge in [-0.15, -0.1) is 0 Å². The van der Waals surface area contributed by atoms with Crippen molar-refractivity contribution in [2.45, 2.75) is 6.54 Å². The van der Waals surface area contributed by atoms with E-state index in [1.54, 1.807) is 0 Å². The first-order chi connectivity index (χ1) is 12.5. The Balaban J connectivity index is 1.59. The second-order valence-corrected chi connectivity index (χ2v) is 6.12. The number of nitro groups is 1. The van der Waals surface area contributed by atoms with Gasteiger partial charge in [0.15, 0.2) is 0 Å². The number of rotatable bonds is 6. The van der Waals surface area contributed by atoms with Gasteiger partial charge in [0.1, 0.15) is 5.02 Å². The highest BCUT2D eigenvalue weighted by molar-refractivity contribution is 6.32. The smallest absolute Gasteiger partial charge is 0.289 e. The number of nitro benzene ring substituents is 1. The van der Waals surface area contributed by atoms with Gasteiger partial charge < -0.3 is 10.6 Å². The summed E-state index contributed by atoms with van der Waals surface area (Å²) in [4.78, 5) is 22.4. The zero-order valence-corrected chi connectivity index (χ0v) is 14.5. The van der Waals surface area contributed by atoms with E-state index < -0.39 is 4.92 Å². The minimum atomic E-state index is -0.587. The zero-order valence-electron chi connectivity index (χ0n) is 13.7. The van der Waals surface area contributed by atoms with Crippen LogP contribution in [-0.2, 0) is 11.3 Å². The predicted molar refractivity (Wildman–Crippen MR) is 102 cm³/mol. The highest BCUT2D eigenvalue weighted by Crippen LogP contribution is 2.27. The van der Waals surface area contributed by atoms with Gasteiger partial charge in [0.05, 0.1) is 11.5 Å². The van der Waals surface area contributed by atoms with E-state index in [1.165, 1.54) is 18.2 Å². The molecule has 0 aromatic heterocycles. The molecule has 0 aliphatic carbocycles. The summed E-state index contributed by atoms with van der Waals surface area (Å²) in [5.74, 6) is -0.290. The van der Waals surface area contributed by atoms with Crippen molar-refractivity contribution in [3.63, 3.8) is 0 Å². The monoisotopic (exact) mass is 369 g/mol. The van der Waals surface area contributed by atoms with Crippen molar-refractivity contribution in [1.29, 1.82) is 0 Å². The Labute approximate surface area is 154 Å². The van der Waals surface area contributed by atoms with Crippen LogP contribution in [0.3, 0.4) is 0 Å². The number of hydrogen-bond acceptors (Lipinski definition) is 4. The summed E-state index contributed by atoms with van der Waals surface area (Å²) in [6.45, 7) is 0.620. The molecule has 0 unspecified atom stereocenters. The van der Waals surface area contributed by atoms with Crippen molar-refractivity contribution in [2.75, 3.05) is 11.9 Å². The van der Waals surface area contributed by atoms with Crippen molar-refractivity contribution in [1.82, 2.24) is 5.32 Å². The van der Waals surface area contributed by atoms with Crippen LogP contribution in [0.4, 0.5) is 11.4 Å². The molecule has 0 heterocycles. The lowest BCUT2D eigenvalue weighted by atomic mass is 10.0. The largest absolute Gasteiger partial charge is 0.325 e. The van der Waals surface area contributed by atoms with Crippen LogP contribution in [0.15, 0.2) is 60.7 Å². The van der Waals surface area contributed by atoms with E-state index >= 15 is 0 Å². The van der Waals surface area contributed by atoms with Gasteiger partial charge in [-0.25, -0.2) is 0 Å². The molecule has 2 N–H and O–H groups in total. The van der Waals surface area contributed by atoms with E-state index in [0.717, 1.165) is 16.3 Å². The molecule has 0 spiro atoms. The molecule has 0 atom stereocenters. The molecule has 0 saturated heterocycles. The van der Waals surface area contributed by atoms with E-state index in [-0.39, 0.29) is 23.2 Å². The van der Waals surface area contributed by atoms with Crippen molar-refractivity contribution in [3.8, 4) is 0 Å². The lowest BCUT2D eigenvalue weighted by Crippen LogP contribution is -2.27. The minimum Gasteiger partial charge on any atom is -0.325 e. The number of nitrogens with zero attached hydrogens (tertiary/aromatic N) is 1. The molecular weight excluding hydrogens is 354 g/mol. The van der Waals surface area contributed by atoms with Crippen LogP contribution in [0.5, 0.6) is 0 Å². The van der Waals surface area contributed by atoms with Gasteiger partial charge in [-0.1, -0.05) is 54.1 Å². The fraction of sp³-hybridized carbons (Fsp3) is 0.105. The molecular formula is C19H16ClN3O3. The van der Waals surface area contributed by atoms with Gasteiger partial charge in [0.2, 0.25) is 5.91 Å². The van der Waals surface area contributed by atoms with Crippen LogP contribution in [0.1, 0.15) is 5.56 Å². The first-order valence-corrected chi connectivity index (χ1v) is 8.33. The molecule has 3 rings (SSSR count). The maximum Gasteiger partial charge on any atom is 0.289 e. The van der Waals surface area contributed by atoms with Gasteiger partial charge in [-0.2, -0.15) is 0 Å². The van der Waals surface area contributed by atoms with Gasteiger partial charge in [-0.05, 0) is 28.5 Å². The third-order valence-corrected chi connectivity index (χ3v) is 4.23. The number of anilines is 1. The number of hydrogen-bond donors (Lipinski definition) is 2. The Morgan fingerprint density at radius 3 is 2.65 bits per heavy atom. The van der Waals surface area contributed by atoms with E-state index in [0.29, 0.717) is 12.2 Å². The Kier molecular flexibility index (Phi) is 5.46. The summed E-state index contributed by atoms with van der Waals surface area (Å²) >= 11 is 5.76.